The molecule has 5 nitrogen and oxygen atoms in total. The van der Waals surface area contributed by atoms with Crippen molar-refractivity contribution in [1.29, 1.82) is 0 Å². The lowest BCUT2D eigenvalue weighted by atomic mass is 10.1. The molecule has 0 spiro atoms. The van der Waals surface area contributed by atoms with Crippen molar-refractivity contribution in [3.05, 3.63) is 53.9 Å². The number of nitrogens with one attached hydrogen (secondary N) is 1. The van der Waals surface area contributed by atoms with Crippen LogP contribution in [0.3, 0.4) is 0 Å². The smallest absolute Gasteiger partial charge is 0.262 e. The SMILES string of the molecule is Cc1cccc[n+]1CC(=O)c1ccc2c(c1)NC(=O)CO2. The van der Waals surface area contributed by atoms with E-state index in [0.29, 0.717) is 17.0 Å². The fraction of sp³-hybridized carbons (Fsp3) is 0.188. The molecule has 21 heavy (non-hydrogen) atoms. The second-order valence-electron chi connectivity index (χ2n) is 4.94. The van der Waals surface area contributed by atoms with Crippen LogP contribution >= 0.6 is 0 Å². The number of Topliss-reactive ketones (excluding diaryl/α,β-unsaturated/α-hetero) is 1. The summed E-state index contributed by atoms with van der Waals surface area (Å²) in [5, 5.41) is 2.71. The number of ether oxygens (including phenoxy) is 1. The number of aryl methyl sites for hydroxylation is 1. The standard InChI is InChI=1S/C16H14N2O3/c1-11-4-2-3-7-18(11)9-14(19)12-5-6-15-13(8-12)17-16(20)10-21-15/h2-8H,9-10H2,1H3/p+1. The number of pyridine rings is 1. The molecule has 1 aromatic heterocycles. The van der Waals surface area contributed by atoms with Crippen molar-refractivity contribution in [2.24, 2.45) is 0 Å². The van der Waals surface area contributed by atoms with E-state index in [-0.39, 0.29) is 24.8 Å². The van der Waals surface area contributed by atoms with E-state index in [0.717, 1.165) is 5.69 Å². The number of aromatic nitrogens is 1. The van der Waals surface area contributed by atoms with Gasteiger partial charge in [-0.1, -0.05) is 6.07 Å². The number of hydrogen-bond acceptors (Lipinski definition) is 3. The van der Waals surface area contributed by atoms with Gasteiger partial charge in [-0.3, -0.25) is 9.59 Å². The van der Waals surface area contributed by atoms with E-state index in [9.17, 15) is 9.59 Å². The van der Waals surface area contributed by atoms with Gasteiger partial charge in [-0.15, -0.1) is 0 Å². The second kappa shape index (κ2) is 5.36. The van der Waals surface area contributed by atoms with Crippen molar-refractivity contribution in [2.45, 2.75) is 13.5 Å². The van der Waals surface area contributed by atoms with Crippen LogP contribution in [-0.4, -0.2) is 18.3 Å². The summed E-state index contributed by atoms with van der Waals surface area (Å²) in [6.07, 6.45) is 1.87. The molecule has 2 heterocycles. The number of amides is 1. The predicted molar refractivity (Wildman–Crippen MR) is 76.3 cm³/mol. The second-order valence-corrected chi connectivity index (χ2v) is 4.94. The molecule has 0 radical (unpaired) electrons. The molecule has 0 saturated carbocycles. The number of carbonyl (C=O) groups is 2. The first kappa shape index (κ1) is 13.3. The number of hydrogen-bond donors (Lipinski definition) is 1. The van der Waals surface area contributed by atoms with Crippen LogP contribution < -0.4 is 14.6 Å². The summed E-state index contributed by atoms with van der Waals surface area (Å²) in [5.74, 6) is 0.368. The molecule has 1 aliphatic heterocycles. The third kappa shape index (κ3) is 2.76. The molecule has 0 fully saturated rings. The van der Waals surface area contributed by atoms with Gasteiger partial charge >= 0.3 is 0 Å². The minimum atomic E-state index is -0.208. The van der Waals surface area contributed by atoms with E-state index in [4.69, 9.17) is 4.74 Å². The van der Waals surface area contributed by atoms with Crippen molar-refractivity contribution in [1.82, 2.24) is 0 Å². The molecule has 5 heteroatoms. The number of anilines is 1. The molecule has 106 valence electrons. The minimum Gasteiger partial charge on any atom is -0.482 e. The first-order valence-electron chi connectivity index (χ1n) is 6.68. The monoisotopic (exact) mass is 283 g/mol. The zero-order valence-electron chi connectivity index (χ0n) is 11.6. The highest BCUT2D eigenvalue weighted by molar-refractivity contribution is 6.00. The molecule has 0 saturated heterocycles. The third-order valence-electron chi connectivity index (χ3n) is 3.42. The van der Waals surface area contributed by atoms with Crippen LogP contribution in [0.15, 0.2) is 42.6 Å². The predicted octanol–water partition coefficient (Wildman–Crippen LogP) is 1.50. The van der Waals surface area contributed by atoms with E-state index in [2.05, 4.69) is 5.32 Å². The van der Waals surface area contributed by atoms with Gasteiger partial charge in [-0.05, 0) is 18.2 Å². The fourth-order valence-corrected chi connectivity index (χ4v) is 2.24. The van der Waals surface area contributed by atoms with Crippen molar-refractivity contribution >= 4 is 17.4 Å². The Morgan fingerprint density at radius 2 is 2.19 bits per heavy atom. The summed E-state index contributed by atoms with van der Waals surface area (Å²) in [4.78, 5) is 23.7. The Morgan fingerprint density at radius 1 is 1.33 bits per heavy atom. The Balaban J connectivity index is 1.84. The van der Waals surface area contributed by atoms with Crippen molar-refractivity contribution < 1.29 is 18.9 Å². The Bertz CT molecular complexity index is 725. The lowest BCUT2D eigenvalue weighted by molar-refractivity contribution is -0.689. The molecule has 1 aliphatic rings. The highest BCUT2D eigenvalue weighted by Crippen LogP contribution is 2.28. The first-order valence-corrected chi connectivity index (χ1v) is 6.68. The summed E-state index contributed by atoms with van der Waals surface area (Å²) >= 11 is 0. The maximum atomic E-state index is 12.4. The van der Waals surface area contributed by atoms with Crippen LogP contribution in [0.4, 0.5) is 5.69 Å². The zero-order valence-corrected chi connectivity index (χ0v) is 11.6. The third-order valence-corrected chi connectivity index (χ3v) is 3.42. The van der Waals surface area contributed by atoms with Crippen LogP contribution in [0.25, 0.3) is 0 Å². The number of carbonyl (C=O) groups excluding carboxylic acids is 2. The number of nitrogens with zero attached hydrogens (tertiary/aromatic N) is 1. The molecule has 1 aromatic carbocycles. The normalized spacial score (nSPS) is 13.1. The van der Waals surface area contributed by atoms with Gasteiger partial charge in [0.2, 0.25) is 12.3 Å². The Labute approximate surface area is 122 Å². The lowest BCUT2D eigenvalue weighted by Gasteiger charge is -2.18. The molecule has 1 amide bonds. The van der Waals surface area contributed by atoms with Crippen LogP contribution in [-0.2, 0) is 11.3 Å². The molecule has 0 unspecified atom stereocenters. The number of ketones is 1. The van der Waals surface area contributed by atoms with Gasteiger partial charge in [-0.2, -0.15) is 4.57 Å². The van der Waals surface area contributed by atoms with Crippen molar-refractivity contribution in [3.63, 3.8) is 0 Å². The highest BCUT2D eigenvalue weighted by atomic mass is 16.5. The summed E-state index contributed by atoms with van der Waals surface area (Å²) in [7, 11) is 0. The van der Waals surface area contributed by atoms with Crippen LogP contribution in [0, 0.1) is 6.92 Å². The molecular formula is C16H15N2O3+. The first-order chi connectivity index (χ1) is 10.1. The van der Waals surface area contributed by atoms with Crippen LogP contribution in [0.2, 0.25) is 0 Å². The van der Waals surface area contributed by atoms with Gasteiger partial charge in [0.25, 0.3) is 5.91 Å². The van der Waals surface area contributed by atoms with Gasteiger partial charge in [0.05, 0.1) is 5.69 Å². The van der Waals surface area contributed by atoms with Crippen molar-refractivity contribution in [3.8, 4) is 5.75 Å². The maximum absolute atomic E-state index is 12.4. The van der Waals surface area contributed by atoms with E-state index in [1.54, 1.807) is 18.2 Å². The van der Waals surface area contributed by atoms with Crippen LogP contribution in [0.1, 0.15) is 16.1 Å². The zero-order chi connectivity index (χ0) is 14.8. The molecule has 2 aromatic rings. The van der Waals surface area contributed by atoms with E-state index >= 15 is 0 Å². The summed E-state index contributed by atoms with van der Waals surface area (Å²) in [5.41, 5.74) is 2.11. The molecular weight excluding hydrogens is 268 g/mol. The molecule has 0 atom stereocenters. The number of benzene rings is 1. The number of fused-ring (bicyclic) bond motifs is 1. The summed E-state index contributed by atoms with van der Waals surface area (Å²) in [6, 6.07) is 10.9. The summed E-state index contributed by atoms with van der Waals surface area (Å²) < 4.78 is 7.17. The van der Waals surface area contributed by atoms with Gasteiger partial charge in [-0.25, -0.2) is 0 Å². The Morgan fingerprint density at radius 3 is 3.00 bits per heavy atom. The van der Waals surface area contributed by atoms with E-state index in [1.807, 2.05) is 35.9 Å². The lowest BCUT2D eigenvalue weighted by Crippen LogP contribution is -2.40. The quantitative estimate of drug-likeness (QED) is 0.686. The minimum absolute atomic E-state index is 0.0132. The van der Waals surface area contributed by atoms with Crippen LogP contribution in [0.5, 0.6) is 5.75 Å². The molecule has 1 N–H and O–H groups in total. The molecule has 0 bridgehead atoms. The molecule has 3 rings (SSSR count). The topological polar surface area (TPSA) is 59.3 Å². The summed E-state index contributed by atoms with van der Waals surface area (Å²) in [6.45, 7) is 2.23. The van der Waals surface area contributed by atoms with E-state index < -0.39 is 0 Å². The highest BCUT2D eigenvalue weighted by Gasteiger charge is 2.19. The van der Waals surface area contributed by atoms with Crippen molar-refractivity contribution in [2.75, 3.05) is 11.9 Å². The van der Waals surface area contributed by atoms with E-state index in [1.165, 1.54) is 0 Å². The Hall–Kier alpha value is -2.69. The average Bonchev–Trinajstić information content (AvgIpc) is 2.48. The molecule has 0 aliphatic carbocycles. The van der Waals surface area contributed by atoms with Gasteiger partial charge in [0.15, 0.2) is 18.5 Å². The Kier molecular flexibility index (Phi) is 3.39. The largest absolute Gasteiger partial charge is 0.482 e. The van der Waals surface area contributed by atoms with Gasteiger partial charge < -0.3 is 10.1 Å². The maximum Gasteiger partial charge on any atom is 0.262 e. The fourth-order valence-electron chi connectivity index (χ4n) is 2.24. The van der Waals surface area contributed by atoms with Gasteiger partial charge in [0.1, 0.15) is 5.75 Å². The van der Waals surface area contributed by atoms with Gasteiger partial charge in [0, 0.05) is 24.6 Å². The number of rotatable bonds is 3. The average molecular weight is 283 g/mol.